The lowest BCUT2D eigenvalue weighted by Gasteiger charge is -2.18. The minimum Gasteiger partial charge on any atom is -0.455 e. The molecule has 3 aromatic rings. The number of amides is 1. The van der Waals surface area contributed by atoms with E-state index in [0.29, 0.717) is 27.1 Å². The number of nitrogens with one attached hydrogen (secondary N) is 1. The van der Waals surface area contributed by atoms with Gasteiger partial charge in [0, 0.05) is 16.1 Å². The average molecular weight is 415 g/mol. The van der Waals surface area contributed by atoms with Crippen LogP contribution in [-0.2, 0) is 5.41 Å². The molecule has 0 aliphatic carbocycles. The summed E-state index contributed by atoms with van der Waals surface area (Å²) in [7, 11) is 0. The topological polar surface area (TPSA) is 54.6 Å². The first-order valence-corrected chi connectivity index (χ1v) is 9.49. The zero-order valence-corrected chi connectivity index (χ0v) is 17.3. The van der Waals surface area contributed by atoms with E-state index in [0.717, 1.165) is 11.1 Å². The molecule has 1 amide bonds. The fraction of sp³-hybridized carbons (Fsp3) is 0.182. The molecule has 0 saturated carbocycles. The van der Waals surface area contributed by atoms with E-state index in [1.54, 1.807) is 42.5 Å². The van der Waals surface area contributed by atoms with Gasteiger partial charge in [-0.1, -0.05) is 56.1 Å². The molecule has 1 aromatic heterocycles. The van der Waals surface area contributed by atoms with Crippen LogP contribution >= 0.6 is 23.2 Å². The summed E-state index contributed by atoms with van der Waals surface area (Å²) in [6.45, 7) is 6.38. The van der Waals surface area contributed by atoms with Crippen LogP contribution in [0, 0.1) is 0 Å². The van der Waals surface area contributed by atoms with Gasteiger partial charge in [-0.25, -0.2) is 5.43 Å². The second-order valence-electron chi connectivity index (χ2n) is 7.35. The smallest absolute Gasteiger partial charge is 0.271 e. The Hall–Kier alpha value is -2.56. The highest BCUT2D eigenvalue weighted by Gasteiger charge is 2.14. The fourth-order valence-corrected chi connectivity index (χ4v) is 3.10. The number of rotatable bonds is 4. The molecule has 0 radical (unpaired) electrons. The van der Waals surface area contributed by atoms with E-state index in [2.05, 4.69) is 31.3 Å². The van der Waals surface area contributed by atoms with Crippen molar-refractivity contribution < 1.29 is 9.21 Å². The predicted molar refractivity (Wildman–Crippen MR) is 114 cm³/mol. The van der Waals surface area contributed by atoms with Gasteiger partial charge in [-0.3, -0.25) is 4.79 Å². The Morgan fingerprint density at radius 3 is 2.39 bits per heavy atom. The first kappa shape index (κ1) is 20.2. The highest BCUT2D eigenvalue weighted by Crippen LogP contribution is 2.31. The minimum absolute atomic E-state index is 0.0388. The molecule has 0 aliphatic rings. The van der Waals surface area contributed by atoms with Gasteiger partial charge in [-0.05, 0) is 53.4 Å². The lowest BCUT2D eigenvalue weighted by atomic mass is 9.87. The molecule has 0 atom stereocenters. The number of furan rings is 1. The van der Waals surface area contributed by atoms with Crippen LogP contribution in [0.4, 0.5) is 0 Å². The maximum Gasteiger partial charge on any atom is 0.271 e. The van der Waals surface area contributed by atoms with Gasteiger partial charge in [0.25, 0.3) is 5.91 Å². The largest absolute Gasteiger partial charge is 0.455 e. The molecule has 3 rings (SSSR count). The zero-order chi connectivity index (χ0) is 20.3. The van der Waals surface area contributed by atoms with Gasteiger partial charge >= 0.3 is 0 Å². The van der Waals surface area contributed by atoms with Crippen LogP contribution in [-0.4, -0.2) is 12.1 Å². The van der Waals surface area contributed by atoms with Crippen LogP contribution in [0.3, 0.4) is 0 Å². The summed E-state index contributed by atoms with van der Waals surface area (Å²) in [5.41, 5.74) is 4.97. The first-order valence-electron chi connectivity index (χ1n) is 8.73. The molecule has 1 N–H and O–H groups in total. The van der Waals surface area contributed by atoms with Crippen LogP contribution in [0.15, 0.2) is 64.1 Å². The molecular weight excluding hydrogens is 395 g/mol. The molecule has 6 heteroatoms. The van der Waals surface area contributed by atoms with E-state index in [4.69, 9.17) is 27.6 Å². The Bertz CT molecular complexity index is 1020. The van der Waals surface area contributed by atoms with Gasteiger partial charge in [-0.2, -0.15) is 5.10 Å². The first-order chi connectivity index (χ1) is 13.2. The monoisotopic (exact) mass is 414 g/mol. The summed E-state index contributed by atoms with van der Waals surface area (Å²) >= 11 is 12.1. The molecule has 0 spiro atoms. The maximum absolute atomic E-state index is 12.2. The third kappa shape index (κ3) is 4.83. The van der Waals surface area contributed by atoms with E-state index in [-0.39, 0.29) is 11.3 Å². The minimum atomic E-state index is -0.288. The second kappa shape index (κ2) is 8.21. The van der Waals surface area contributed by atoms with E-state index in [1.165, 1.54) is 6.21 Å². The molecular formula is C22H20Cl2N2O2. The third-order valence-corrected chi connectivity index (χ3v) is 4.74. The Morgan fingerprint density at radius 1 is 1.04 bits per heavy atom. The normalized spacial score (nSPS) is 11.8. The number of halogens is 2. The molecule has 2 aromatic carbocycles. The van der Waals surface area contributed by atoms with Gasteiger partial charge in [0.05, 0.1) is 11.2 Å². The van der Waals surface area contributed by atoms with E-state index in [9.17, 15) is 4.79 Å². The Labute approximate surface area is 174 Å². The van der Waals surface area contributed by atoms with Gasteiger partial charge in [-0.15, -0.1) is 0 Å². The SMILES string of the molecule is CC(C)(C)c1ccc(C(=O)N/N=C\c2ccc(-c3ccc(Cl)cc3Cl)o2)cc1. The molecule has 0 unspecified atom stereocenters. The van der Waals surface area contributed by atoms with Gasteiger partial charge < -0.3 is 4.42 Å². The third-order valence-electron chi connectivity index (χ3n) is 4.19. The molecule has 28 heavy (non-hydrogen) atoms. The van der Waals surface area contributed by atoms with Crippen molar-refractivity contribution in [2.75, 3.05) is 0 Å². The molecule has 0 aliphatic heterocycles. The number of benzene rings is 2. The lowest BCUT2D eigenvalue weighted by molar-refractivity contribution is 0.0955. The van der Waals surface area contributed by atoms with Gasteiger partial charge in [0.1, 0.15) is 11.5 Å². The van der Waals surface area contributed by atoms with Gasteiger partial charge in [0.15, 0.2) is 0 Å². The van der Waals surface area contributed by atoms with Crippen molar-refractivity contribution in [1.82, 2.24) is 5.43 Å². The van der Waals surface area contributed by atoms with Crippen molar-refractivity contribution in [2.45, 2.75) is 26.2 Å². The van der Waals surface area contributed by atoms with Crippen molar-refractivity contribution in [3.05, 3.63) is 81.5 Å². The van der Waals surface area contributed by atoms with Gasteiger partial charge in [0.2, 0.25) is 0 Å². The van der Waals surface area contributed by atoms with Crippen molar-refractivity contribution in [3.8, 4) is 11.3 Å². The standard InChI is InChI=1S/C22H20Cl2N2O2/c1-22(2,3)15-6-4-14(5-7-15)21(27)26-25-13-17-9-11-20(28-17)18-10-8-16(23)12-19(18)24/h4-13H,1-3H3,(H,26,27)/b25-13-. The summed E-state index contributed by atoms with van der Waals surface area (Å²) in [5.74, 6) is 0.792. The Morgan fingerprint density at radius 2 is 1.75 bits per heavy atom. The van der Waals surface area contributed by atoms with Crippen molar-refractivity contribution in [2.24, 2.45) is 5.10 Å². The predicted octanol–water partition coefficient (Wildman–Crippen LogP) is 6.31. The number of hydrogen-bond donors (Lipinski definition) is 1. The Balaban J connectivity index is 1.65. The molecule has 4 nitrogen and oxygen atoms in total. The van der Waals surface area contributed by atoms with Crippen molar-refractivity contribution in [1.29, 1.82) is 0 Å². The van der Waals surface area contributed by atoms with Crippen LogP contribution in [0.2, 0.25) is 10.0 Å². The van der Waals surface area contributed by atoms with Crippen LogP contribution < -0.4 is 5.43 Å². The summed E-state index contributed by atoms with van der Waals surface area (Å²) in [6.07, 6.45) is 1.44. The van der Waals surface area contributed by atoms with E-state index in [1.807, 2.05) is 12.1 Å². The number of carbonyl (C=O) groups is 1. The Kier molecular flexibility index (Phi) is 5.92. The fourth-order valence-electron chi connectivity index (χ4n) is 2.60. The molecule has 0 bridgehead atoms. The number of nitrogens with zero attached hydrogens (tertiary/aromatic N) is 1. The number of carbonyl (C=O) groups excluding carboxylic acids is 1. The van der Waals surface area contributed by atoms with Crippen molar-refractivity contribution in [3.63, 3.8) is 0 Å². The van der Waals surface area contributed by atoms with Crippen LogP contribution in [0.5, 0.6) is 0 Å². The lowest BCUT2D eigenvalue weighted by Crippen LogP contribution is -2.18. The summed E-state index contributed by atoms with van der Waals surface area (Å²) < 4.78 is 5.70. The number of hydrogen-bond acceptors (Lipinski definition) is 3. The highest BCUT2D eigenvalue weighted by molar-refractivity contribution is 6.36. The van der Waals surface area contributed by atoms with Crippen LogP contribution in [0.1, 0.15) is 42.5 Å². The molecule has 0 fully saturated rings. The van der Waals surface area contributed by atoms with Crippen LogP contribution in [0.25, 0.3) is 11.3 Å². The summed E-state index contributed by atoms with van der Waals surface area (Å²) in [6, 6.07) is 16.2. The maximum atomic E-state index is 12.2. The quantitative estimate of drug-likeness (QED) is 0.401. The van der Waals surface area contributed by atoms with Crippen molar-refractivity contribution >= 4 is 35.3 Å². The van der Waals surface area contributed by atoms with E-state index < -0.39 is 0 Å². The summed E-state index contributed by atoms with van der Waals surface area (Å²) in [5, 5.41) is 5.01. The number of hydrazone groups is 1. The molecule has 1 heterocycles. The molecule has 0 saturated heterocycles. The molecule has 144 valence electrons. The zero-order valence-electron chi connectivity index (χ0n) is 15.8. The average Bonchev–Trinajstić information content (AvgIpc) is 3.09. The highest BCUT2D eigenvalue weighted by atomic mass is 35.5. The summed E-state index contributed by atoms with van der Waals surface area (Å²) in [4.78, 5) is 12.2. The van der Waals surface area contributed by atoms with E-state index >= 15 is 0 Å². The second-order valence-corrected chi connectivity index (χ2v) is 8.20.